The van der Waals surface area contributed by atoms with Crippen LogP contribution >= 0.6 is 0 Å². The van der Waals surface area contributed by atoms with Crippen molar-refractivity contribution in [2.24, 2.45) is 0 Å². The molecule has 0 unspecified atom stereocenters. The Labute approximate surface area is 153 Å². The summed E-state index contributed by atoms with van der Waals surface area (Å²) in [5.41, 5.74) is 0.854. The van der Waals surface area contributed by atoms with Crippen molar-refractivity contribution in [3.8, 4) is 45.6 Å². The Morgan fingerprint density at radius 3 is 1.96 bits per heavy atom. The number of aromatic carboxylic acids is 1. The molecule has 0 radical (unpaired) electrons. The van der Waals surface area contributed by atoms with Gasteiger partial charge in [-0.05, 0) is 17.7 Å². The van der Waals surface area contributed by atoms with E-state index in [-0.39, 0.29) is 54.3 Å². The number of carbonyl (C=O) groups is 1. The zero-order valence-corrected chi connectivity index (χ0v) is 14.5. The number of aliphatic hydroxyl groups is 1. The first kappa shape index (κ1) is 17.1. The summed E-state index contributed by atoms with van der Waals surface area (Å²) in [5.74, 6) is 0.475. The van der Waals surface area contributed by atoms with Crippen molar-refractivity contribution in [1.29, 1.82) is 0 Å². The highest BCUT2D eigenvalue weighted by Gasteiger charge is 2.35. The number of ether oxygens (including phenoxy) is 6. The van der Waals surface area contributed by atoms with Crippen LogP contribution < -0.4 is 28.4 Å². The van der Waals surface area contributed by atoms with Crippen molar-refractivity contribution in [1.82, 2.24) is 0 Å². The number of carboxylic acids is 1. The number of fused-ring (bicyclic) bond motifs is 2. The van der Waals surface area contributed by atoms with E-state index in [2.05, 4.69) is 0 Å². The molecule has 2 aromatic rings. The molecule has 2 aromatic carbocycles. The highest BCUT2D eigenvalue weighted by Crippen LogP contribution is 2.56. The Morgan fingerprint density at radius 2 is 1.44 bits per heavy atom. The summed E-state index contributed by atoms with van der Waals surface area (Å²) in [4.78, 5) is 12.0. The van der Waals surface area contributed by atoms with Gasteiger partial charge in [-0.15, -0.1) is 0 Å². The Bertz CT molecular complexity index is 935. The smallest absolute Gasteiger partial charge is 0.336 e. The number of carboxylic acid groups (broad SMARTS) is 1. The van der Waals surface area contributed by atoms with Crippen molar-refractivity contribution >= 4 is 5.97 Å². The molecule has 0 amide bonds. The van der Waals surface area contributed by atoms with Crippen LogP contribution in [0.25, 0.3) is 11.1 Å². The van der Waals surface area contributed by atoms with Crippen molar-refractivity contribution in [2.45, 2.75) is 6.61 Å². The van der Waals surface area contributed by atoms with Crippen LogP contribution in [-0.2, 0) is 6.61 Å². The van der Waals surface area contributed by atoms with Gasteiger partial charge in [-0.25, -0.2) is 4.79 Å². The topological polar surface area (TPSA) is 113 Å². The van der Waals surface area contributed by atoms with Crippen LogP contribution in [0, 0.1) is 0 Å². The summed E-state index contributed by atoms with van der Waals surface area (Å²) in [6.07, 6.45) is 0. The van der Waals surface area contributed by atoms with E-state index in [1.165, 1.54) is 20.3 Å². The molecule has 0 saturated carbocycles. The Kier molecular flexibility index (Phi) is 4.08. The number of methoxy groups -OCH3 is 2. The van der Waals surface area contributed by atoms with Gasteiger partial charge in [-0.2, -0.15) is 0 Å². The molecule has 0 atom stereocenters. The second kappa shape index (κ2) is 6.44. The molecule has 2 aliphatic heterocycles. The second-order valence-electron chi connectivity index (χ2n) is 5.71. The van der Waals surface area contributed by atoms with E-state index >= 15 is 0 Å². The monoisotopic (exact) mass is 376 g/mol. The van der Waals surface area contributed by atoms with Gasteiger partial charge in [-0.3, -0.25) is 0 Å². The fraction of sp³-hybridized carbons (Fsp3) is 0.278. The van der Waals surface area contributed by atoms with Crippen molar-refractivity contribution in [3.63, 3.8) is 0 Å². The first-order valence-electron chi connectivity index (χ1n) is 7.95. The summed E-state index contributed by atoms with van der Waals surface area (Å²) < 4.78 is 32.6. The summed E-state index contributed by atoms with van der Waals surface area (Å²) >= 11 is 0. The minimum Gasteiger partial charge on any atom is -0.493 e. The second-order valence-corrected chi connectivity index (χ2v) is 5.71. The van der Waals surface area contributed by atoms with E-state index < -0.39 is 5.97 Å². The van der Waals surface area contributed by atoms with E-state index in [4.69, 9.17) is 28.4 Å². The van der Waals surface area contributed by atoms with Crippen LogP contribution in [0.4, 0.5) is 0 Å². The minimum atomic E-state index is -1.20. The number of hydrogen-bond donors (Lipinski definition) is 2. The van der Waals surface area contributed by atoms with Crippen LogP contribution in [0.1, 0.15) is 15.9 Å². The van der Waals surface area contributed by atoms with Gasteiger partial charge in [0.15, 0.2) is 23.0 Å². The molecule has 2 N–H and O–H groups in total. The number of hydrogen-bond acceptors (Lipinski definition) is 8. The van der Waals surface area contributed by atoms with Gasteiger partial charge in [-0.1, -0.05) is 0 Å². The van der Waals surface area contributed by atoms with Crippen LogP contribution in [0.15, 0.2) is 12.1 Å². The average molecular weight is 376 g/mol. The van der Waals surface area contributed by atoms with E-state index in [0.717, 1.165) is 0 Å². The molecular weight excluding hydrogens is 360 g/mol. The standard InChI is InChI=1S/C18H16O9/c1-22-10-3-8(5-19)12(16-14(10)24-6-26-16)13-9(18(20)21)4-11(23-2)15-17(13)27-7-25-15/h3-4,19H,5-7H2,1-2H3,(H,20,21). The fourth-order valence-corrected chi connectivity index (χ4v) is 3.25. The van der Waals surface area contributed by atoms with Crippen LogP contribution in [0.5, 0.6) is 34.5 Å². The molecule has 142 valence electrons. The number of rotatable bonds is 5. The van der Waals surface area contributed by atoms with E-state index in [0.29, 0.717) is 22.6 Å². The van der Waals surface area contributed by atoms with Gasteiger partial charge in [0, 0.05) is 11.1 Å². The molecule has 0 aliphatic carbocycles. The third-order valence-corrected chi connectivity index (χ3v) is 4.39. The summed E-state index contributed by atoms with van der Waals surface area (Å²) in [5, 5.41) is 19.7. The largest absolute Gasteiger partial charge is 0.493 e. The predicted octanol–water partition coefficient (Wildman–Crippen LogP) is 2.02. The molecule has 0 bridgehead atoms. The van der Waals surface area contributed by atoms with Gasteiger partial charge in [0.05, 0.1) is 26.4 Å². The molecule has 27 heavy (non-hydrogen) atoms. The van der Waals surface area contributed by atoms with E-state index in [1.54, 1.807) is 6.07 Å². The van der Waals surface area contributed by atoms with Crippen LogP contribution in [0.2, 0.25) is 0 Å². The van der Waals surface area contributed by atoms with Gasteiger partial charge in [0.25, 0.3) is 0 Å². The van der Waals surface area contributed by atoms with Gasteiger partial charge < -0.3 is 38.6 Å². The summed E-state index contributed by atoms with van der Waals surface area (Å²) in [6.45, 7) is -0.541. The fourth-order valence-electron chi connectivity index (χ4n) is 3.25. The lowest BCUT2D eigenvalue weighted by Crippen LogP contribution is -2.05. The summed E-state index contributed by atoms with van der Waals surface area (Å²) in [6, 6.07) is 2.92. The van der Waals surface area contributed by atoms with Gasteiger partial charge in [0.1, 0.15) is 0 Å². The van der Waals surface area contributed by atoms with Crippen molar-refractivity contribution < 1.29 is 43.4 Å². The molecule has 0 fully saturated rings. The molecule has 9 heteroatoms. The Hall–Kier alpha value is -3.33. The van der Waals surface area contributed by atoms with E-state index in [1.807, 2.05) is 0 Å². The third-order valence-electron chi connectivity index (χ3n) is 4.39. The SMILES string of the molecule is COc1cc(CO)c(-c2c(C(=O)O)cc(OC)c3c2OCO3)c2c1OCO2. The third kappa shape index (κ3) is 2.47. The van der Waals surface area contributed by atoms with Crippen molar-refractivity contribution in [2.75, 3.05) is 27.8 Å². The van der Waals surface area contributed by atoms with Crippen molar-refractivity contribution in [3.05, 3.63) is 23.3 Å². The normalized spacial score (nSPS) is 13.6. The maximum Gasteiger partial charge on any atom is 0.336 e. The lowest BCUT2D eigenvalue weighted by Gasteiger charge is -2.18. The molecule has 0 saturated heterocycles. The first-order valence-corrected chi connectivity index (χ1v) is 7.95. The maximum absolute atomic E-state index is 12.0. The van der Waals surface area contributed by atoms with Crippen LogP contribution in [0.3, 0.4) is 0 Å². The molecule has 2 heterocycles. The number of benzene rings is 2. The first-order chi connectivity index (χ1) is 13.1. The Balaban J connectivity index is 2.10. The minimum absolute atomic E-state index is 0.0638. The zero-order valence-electron chi connectivity index (χ0n) is 14.5. The summed E-state index contributed by atoms with van der Waals surface area (Å²) in [7, 11) is 2.87. The molecule has 4 rings (SSSR count). The highest BCUT2D eigenvalue weighted by molar-refractivity contribution is 6.02. The average Bonchev–Trinajstić information content (AvgIpc) is 3.35. The zero-order chi connectivity index (χ0) is 19.1. The van der Waals surface area contributed by atoms with Crippen LogP contribution in [-0.4, -0.2) is 44.0 Å². The lowest BCUT2D eigenvalue weighted by atomic mass is 9.92. The van der Waals surface area contributed by atoms with Gasteiger partial charge >= 0.3 is 5.97 Å². The molecular formula is C18H16O9. The Morgan fingerprint density at radius 1 is 0.926 bits per heavy atom. The molecule has 0 spiro atoms. The number of aliphatic hydroxyl groups excluding tert-OH is 1. The molecule has 0 aromatic heterocycles. The predicted molar refractivity (Wildman–Crippen MR) is 90.1 cm³/mol. The van der Waals surface area contributed by atoms with E-state index in [9.17, 15) is 15.0 Å². The highest BCUT2D eigenvalue weighted by atomic mass is 16.7. The van der Waals surface area contributed by atoms with Gasteiger partial charge in [0.2, 0.25) is 25.1 Å². The maximum atomic E-state index is 12.0. The molecule has 2 aliphatic rings. The molecule has 9 nitrogen and oxygen atoms in total. The quantitative estimate of drug-likeness (QED) is 0.809. The lowest BCUT2D eigenvalue weighted by molar-refractivity contribution is 0.0697.